The van der Waals surface area contributed by atoms with Gasteiger partial charge in [-0.2, -0.15) is 21.9 Å². The molecule has 0 radical (unpaired) electrons. The predicted molar refractivity (Wildman–Crippen MR) is 212 cm³/mol. The number of rotatable bonds is 8. The maximum atomic E-state index is 15.7. The summed E-state index contributed by atoms with van der Waals surface area (Å²) in [6.45, 7) is 15.0. The number of halogens is 8. The van der Waals surface area contributed by atoms with E-state index in [1.54, 1.807) is 0 Å². The SMILES string of the molecule is CC(C)C1([NH2+]C2(C(C)C)CCCCC2)CCCCC1.Cc1cc([B-](c2cc(C)c(F)cc2F)(c2cc(C)c(F)cc2F)c2cc(C)c(F)cc2F)c(F)cc1F. The lowest BCUT2D eigenvalue weighted by Crippen LogP contribution is -3.08. The second-order valence-electron chi connectivity index (χ2n) is 17.4. The Morgan fingerprint density at radius 3 is 0.839 bits per heavy atom. The molecule has 4 aromatic carbocycles. The van der Waals surface area contributed by atoms with Crippen LogP contribution in [0.3, 0.4) is 0 Å². The molecule has 6 rings (SSSR count). The van der Waals surface area contributed by atoms with Crippen molar-refractivity contribution in [2.45, 2.75) is 131 Å². The van der Waals surface area contributed by atoms with E-state index in [-0.39, 0.29) is 22.3 Å². The zero-order valence-corrected chi connectivity index (χ0v) is 34.0. The van der Waals surface area contributed by atoms with Crippen molar-refractivity contribution in [3.05, 3.63) is 117 Å². The molecule has 0 amide bonds. The van der Waals surface area contributed by atoms with Gasteiger partial charge in [0.05, 0.1) is 34.3 Å². The smallest absolute Gasteiger partial charge is 0.128 e. The molecule has 56 heavy (non-hydrogen) atoms. The highest BCUT2D eigenvalue weighted by Crippen LogP contribution is 2.37. The Morgan fingerprint density at radius 1 is 0.393 bits per heavy atom. The Morgan fingerprint density at radius 2 is 0.625 bits per heavy atom. The van der Waals surface area contributed by atoms with E-state index in [2.05, 4.69) is 33.0 Å². The Bertz CT molecular complexity index is 1780. The van der Waals surface area contributed by atoms with Gasteiger partial charge in [0.25, 0.3) is 0 Å². The standard InChI is InChI=1S/C28H20BF8.C18H35N/c1-13-5-17(25(34)9-21(13)30)29(18-6-14(2)22(31)10-26(18)35,19-7-15(3)23(32)11-27(19)36)20-8-16(4)24(33)12-28(20)37;1-15(2)17(11-7-5-8-12-17)19-18(16(3)4)13-9-6-10-14-18/h5-12H,1-4H3;15-16,19H,5-14H2,1-4H3/q-1;/p+1. The van der Waals surface area contributed by atoms with E-state index in [0.717, 1.165) is 36.1 Å². The molecule has 304 valence electrons. The maximum absolute atomic E-state index is 15.7. The van der Waals surface area contributed by atoms with Gasteiger partial charge in [-0.25, -0.2) is 35.1 Å². The van der Waals surface area contributed by atoms with Gasteiger partial charge in [-0.1, -0.05) is 64.8 Å². The Balaban J connectivity index is 0.000000265. The normalized spacial score (nSPS) is 16.9. The second-order valence-corrected chi connectivity index (χ2v) is 17.4. The first kappa shape index (κ1) is 43.5. The van der Waals surface area contributed by atoms with Crippen molar-refractivity contribution < 1.29 is 40.4 Å². The first-order valence-corrected chi connectivity index (χ1v) is 20.2. The third kappa shape index (κ3) is 8.19. The van der Waals surface area contributed by atoms with Crippen molar-refractivity contribution in [2.75, 3.05) is 0 Å². The zero-order valence-electron chi connectivity index (χ0n) is 34.0. The molecular formula is C46H56BF8N. The molecule has 2 fully saturated rings. The van der Waals surface area contributed by atoms with Crippen LogP contribution < -0.4 is 27.2 Å². The molecule has 4 aromatic rings. The van der Waals surface area contributed by atoms with Crippen LogP contribution in [-0.2, 0) is 0 Å². The van der Waals surface area contributed by atoms with Gasteiger partial charge in [-0.15, -0.1) is 0 Å². The van der Waals surface area contributed by atoms with Crippen molar-refractivity contribution in [3.8, 4) is 0 Å². The summed E-state index contributed by atoms with van der Waals surface area (Å²) in [6, 6.07) is 5.82. The highest BCUT2D eigenvalue weighted by atomic mass is 19.2. The molecule has 0 bridgehead atoms. The summed E-state index contributed by atoms with van der Waals surface area (Å²) in [5.74, 6) is -7.41. The molecule has 0 saturated heterocycles. The summed E-state index contributed by atoms with van der Waals surface area (Å²) in [6.07, 6.45) is 11.0. The van der Waals surface area contributed by atoms with Crippen LogP contribution in [0.1, 0.15) is 114 Å². The van der Waals surface area contributed by atoms with Crippen LogP contribution in [0.15, 0.2) is 48.5 Å². The van der Waals surface area contributed by atoms with E-state index in [1.165, 1.54) is 91.9 Å². The van der Waals surface area contributed by atoms with Crippen LogP contribution in [0, 0.1) is 86.1 Å². The Hall–Kier alpha value is -3.66. The van der Waals surface area contributed by atoms with Gasteiger partial charge in [0.15, 0.2) is 0 Å². The number of hydrogen-bond donors (Lipinski definition) is 1. The fourth-order valence-corrected chi connectivity index (χ4v) is 9.82. The molecule has 2 aliphatic rings. The van der Waals surface area contributed by atoms with Gasteiger partial charge in [-0.05, 0) is 75.6 Å². The highest BCUT2D eigenvalue weighted by molar-refractivity contribution is 7.20. The molecule has 10 heteroatoms. The van der Waals surface area contributed by atoms with Crippen LogP contribution >= 0.6 is 0 Å². The van der Waals surface area contributed by atoms with E-state index in [1.807, 2.05) is 0 Å². The zero-order chi connectivity index (χ0) is 41.3. The molecule has 0 aromatic heterocycles. The third-order valence-corrected chi connectivity index (χ3v) is 13.4. The number of quaternary nitrogens is 1. The summed E-state index contributed by atoms with van der Waals surface area (Å²) < 4.78 is 120. The Kier molecular flexibility index (Phi) is 13.2. The first-order chi connectivity index (χ1) is 26.3. The molecule has 2 N–H and O–H groups in total. The average molecular weight is 786 g/mol. The van der Waals surface area contributed by atoms with Gasteiger partial charge in [0.2, 0.25) is 0 Å². The second kappa shape index (κ2) is 17.1. The van der Waals surface area contributed by atoms with E-state index in [9.17, 15) is 17.6 Å². The molecule has 0 atom stereocenters. The molecule has 0 spiro atoms. The van der Waals surface area contributed by atoms with Gasteiger partial charge >= 0.3 is 0 Å². The van der Waals surface area contributed by atoms with E-state index >= 15 is 17.6 Å². The van der Waals surface area contributed by atoms with Crippen LogP contribution in [0.5, 0.6) is 0 Å². The summed E-state index contributed by atoms with van der Waals surface area (Å²) >= 11 is 0. The number of nitrogens with two attached hydrogens (primary N) is 1. The number of benzene rings is 4. The summed E-state index contributed by atoms with van der Waals surface area (Å²) in [5, 5.41) is 2.91. The lowest BCUT2D eigenvalue weighted by Gasteiger charge is -2.49. The van der Waals surface area contributed by atoms with Gasteiger partial charge in [0.1, 0.15) is 29.4 Å². The molecule has 2 aliphatic carbocycles. The van der Waals surface area contributed by atoms with Gasteiger partial charge < -0.3 is 5.32 Å². The maximum Gasteiger partial charge on any atom is 0.128 e. The van der Waals surface area contributed by atoms with Crippen LogP contribution in [-0.4, -0.2) is 17.2 Å². The van der Waals surface area contributed by atoms with Crippen LogP contribution in [0.25, 0.3) is 0 Å². The predicted octanol–water partition coefficient (Wildman–Crippen LogP) is 9.68. The van der Waals surface area contributed by atoms with Crippen molar-refractivity contribution in [3.63, 3.8) is 0 Å². The molecule has 0 unspecified atom stereocenters. The highest BCUT2D eigenvalue weighted by Gasteiger charge is 2.49. The monoisotopic (exact) mass is 785 g/mol. The van der Waals surface area contributed by atoms with Gasteiger partial charge in [0, 0.05) is 61.8 Å². The van der Waals surface area contributed by atoms with Crippen molar-refractivity contribution in [1.82, 2.24) is 0 Å². The minimum absolute atomic E-state index is 0.139. The summed E-state index contributed by atoms with van der Waals surface area (Å²) in [5.41, 5.74) is -1.62. The summed E-state index contributed by atoms with van der Waals surface area (Å²) in [7, 11) is 0. The van der Waals surface area contributed by atoms with Crippen LogP contribution in [0.4, 0.5) is 35.1 Å². The van der Waals surface area contributed by atoms with E-state index in [0.29, 0.717) is 35.3 Å². The quantitative estimate of drug-likeness (QED) is 0.136. The molecule has 0 aliphatic heterocycles. The van der Waals surface area contributed by atoms with Crippen molar-refractivity contribution in [1.29, 1.82) is 0 Å². The average Bonchev–Trinajstić information content (AvgIpc) is 3.14. The minimum atomic E-state index is -3.62. The topological polar surface area (TPSA) is 16.6 Å². The third-order valence-electron chi connectivity index (χ3n) is 13.4. The van der Waals surface area contributed by atoms with Crippen molar-refractivity contribution >= 4 is 28.0 Å². The molecular weight excluding hydrogens is 729 g/mol. The summed E-state index contributed by atoms with van der Waals surface area (Å²) in [4.78, 5) is 0. The van der Waals surface area contributed by atoms with E-state index < -0.39 is 74.5 Å². The van der Waals surface area contributed by atoms with Crippen LogP contribution in [0.2, 0.25) is 0 Å². The number of aryl methyl sites for hydroxylation is 4. The minimum Gasteiger partial charge on any atom is -0.336 e. The van der Waals surface area contributed by atoms with Gasteiger partial charge in [-0.3, -0.25) is 0 Å². The largest absolute Gasteiger partial charge is 0.336 e. The molecule has 2 saturated carbocycles. The van der Waals surface area contributed by atoms with E-state index in [4.69, 9.17) is 0 Å². The first-order valence-electron chi connectivity index (χ1n) is 20.2. The fraction of sp³-hybridized carbons (Fsp3) is 0.478. The molecule has 1 nitrogen and oxygen atoms in total. The Labute approximate surface area is 327 Å². The fourth-order valence-electron chi connectivity index (χ4n) is 9.82. The lowest BCUT2D eigenvalue weighted by molar-refractivity contribution is -0.806. The molecule has 0 heterocycles. The number of hydrogen-bond acceptors (Lipinski definition) is 0. The lowest BCUT2D eigenvalue weighted by atomic mass is 9.12. The van der Waals surface area contributed by atoms with Crippen molar-refractivity contribution in [2.24, 2.45) is 11.8 Å².